The Balaban J connectivity index is 1.79. The van der Waals surface area contributed by atoms with Gasteiger partial charge in [0, 0.05) is 0 Å². The van der Waals surface area contributed by atoms with Crippen molar-refractivity contribution in [3.8, 4) is 5.69 Å². The van der Waals surface area contributed by atoms with Crippen molar-refractivity contribution in [3.05, 3.63) is 87.6 Å². The summed E-state index contributed by atoms with van der Waals surface area (Å²) in [6.07, 6.45) is 6.29. The second kappa shape index (κ2) is 5.31. The molecule has 4 rings (SSSR count). The fraction of sp³-hybridized carbons (Fsp3) is 0.176. The quantitative estimate of drug-likeness (QED) is 0.754. The topological polar surface area (TPSA) is 72.9 Å². The van der Waals surface area contributed by atoms with Crippen LogP contribution in [0.15, 0.2) is 74.9 Å². The van der Waals surface area contributed by atoms with Gasteiger partial charge >= 0.3 is 11.4 Å². The second-order valence-electron chi connectivity index (χ2n) is 5.51. The fourth-order valence-electron chi connectivity index (χ4n) is 3.10. The van der Waals surface area contributed by atoms with Crippen LogP contribution < -0.4 is 11.4 Å². The molecule has 6 heteroatoms. The molecule has 0 saturated carbocycles. The van der Waals surface area contributed by atoms with Gasteiger partial charge < -0.3 is 4.42 Å². The van der Waals surface area contributed by atoms with Gasteiger partial charge in [0.05, 0.1) is 23.9 Å². The van der Waals surface area contributed by atoms with Gasteiger partial charge in [0.1, 0.15) is 5.76 Å². The van der Waals surface area contributed by atoms with Crippen molar-refractivity contribution < 1.29 is 4.42 Å². The molecule has 116 valence electrons. The van der Waals surface area contributed by atoms with Crippen LogP contribution in [0.4, 0.5) is 0 Å². The van der Waals surface area contributed by atoms with Crippen molar-refractivity contribution >= 4 is 0 Å². The summed E-state index contributed by atoms with van der Waals surface area (Å²) in [6, 6.07) is 12.4. The molecular formula is C17H15N3O3. The average molecular weight is 309 g/mol. The van der Waals surface area contributed by atoms with Crippen LogP contribution in [0.1, 0.15) is 24.1 Å². The molecule has 0 unspecified atom stereocenters. The summed E-state index contributed by atoms with van der Waals surface area (Å²) in [5.41, 5.74) is -0.254. The number of H-pyrrole nitrogens is 1. The molecule has 1 aliphatic carbocycles. The van der Waals surface area contributed by atoms with Crippen LogP contribution in [0.25, 0.3) is 5.69 Å². The van der Waals surface area contributed by atoms with Crippen molar-refractivity contribution in [3.63, 3.8) is 0 Å². The summed E-state index contributed by atoms with van der Waals surface area (Å²) >= 11 is 0. The van der Waals surface area contributed by atoms with Gasteiger partial charge in [-0.3, -0.25) is 0 Å². The van der Waals surface area contributed by atoms with Gasteiger partial charge in [0.2, 0.25) is 0 Å². The Kier molecular flexibility index (Phi) is 3.15. The van der Waals surface area contributed by atoms with Gasteiger partial charge in [-0.05, 0) is 30.7 Å². The number of para-hydroxylation sites is 1. The van der Waals surface area contributed by atoms with Gasteiger partial charge in [-0.2, -0.15) is 0 Å². The van der Waals surface area contributed by atoms with E-state index in [9.17, 15) is 9.59 Å². The minimum atomic E-state index is -0.439. The number of hydrogen-bond acceptors (Lipinski definition) is 3. The zero-order valence-electron chi connectivity index (χ0n) is 12.3. The lowest BCUT2D eigenvalue weighted by Crippen LogP contribution is -2.30. The van der Waals surface area contributed by atoms with Crippen LogP contribution in [0.5, 0.6) is 0 Å². The molecule has 0 fully saturated rings. The monoisotopic (exact) mass is 309 g/mol. The number of nitrogens with one attached hydrogen (secondary N) is 1. The Hall–Kier alpha value is -3.02. The molecule has 1 N–H and O–H groups in total. The highest BCUT2D eigenvalue weighted by Crippen LogP contribution is 2.36. The van der Waals surface area contributed by atoms with E-state index in [4.69, 9.17) is 4.42 Å². The summed E-state index contributed by atoms with van der Waals surface area (Å²) in [5.74, 6) is 0.717. The lowest BCUT2D eigenvalue weighted by Gasteiger charge is -2.17. The van der Waals surface area contributed by atoms with E-state index < -0.39 is 5.69 Å². The predicted molar refractivity (Wildman–Crippen MR) is 84.9 cm³/mol. The highest BCUT2D eigenvalue weighted by molar-refractivity contribution is 5.30. The molecule has 2 aromatic heterocycles. The number of aromatic amines is 1. The number of aromatic nitrogens is 3. The summed E-state index contributed by atoms with van der Waals surface area (Å²) in [4.78, 5) is 25.0. The number of allylic oxidation sites excluding steroid dienone is 2. The third-order valence-electron chi connectivity index (χ3n) is 4.17. The first-order chi connectivity index (χ1) is 11.3. The van der Waals surface area contributed by atoms with Gasteiger partial charge in [-0.1, -0.05) is 30.4 Å². The fourth-order valence-corrected chi connectivity index (χ4v) is 3.10. The number of rotatable bonds is 3. The maximum atomic E-state index is 12.7. The summed E-state index contributed by atoms with van der Waals surface area (Å²) < 4.78 is 8.02. The van der Waals surface area contributed by atoms with Crippen LogP contribution in [0, 0.1) is 0 Å². The first kappa shape index (κ1) is 13.6. The largest absolute Gasteiger partial charge is 0.469 e. The van der Waals surface area contributed by atoms with Crippen LogP contribution >= 0.6 is 0 Å². The smallest absolute Gasteiger partial charge is 0.351 e. The second-order valence-corrected chi connectivity index (χ2v) is 5.51. The standard InChI is InChI=1S/C17H15N3O3/c21-16-18-20(17(22)19(16)12-6-2-1-3-7-12)14-9-4-8-13(14)15-10-5-11-23-15/h1-8,10-11,13-14H,9H2,(H,18,21)/t13-,14-/m0/s1. The lowest BCUT2D eigenvalue weighted by atomic mass is 10.0. The molecule has 0 radical (unpaired) electrons. The molecule has 6 nitrogen and oxygen atoms in total. The zero-order chi connectivity index (χ0) is 15.8. The zero-order valence-corrected chi connectivity index (χ0v) is 12.3. The van der Waals surface area contributed by atoms with E-state index in [1.165, 1.54) is 4.68 Å². The Morgan fingerprint density at radius 3 is 2.65 bits per heavy atom. The molecule has 0 spiro atoms. The highest BCUT2D eigenvalue weighted by atomic mass is 16.3. The summed E-state index contributed by atoms with van der Waals surface area (Å²) in [5, 5.41) is 2.68. The molecule has 3 aromatic rings. The third kappa shape index (κ3) is 2.19. The Bertz CT molecular complexity index is 945. The van der Waals surface area contributed by atoms with E-state index >= 15 is 0 Å². The summed E-state index contributed by atoms with van der Waals surface area (Å²) in [6.45, 7) is 0. The molecule has 0 aliphatic heterocycles. The van der Waals surface area contributed by atoms with E-state index in [-0.39, 0.29) is 17.6 Å². The molecular weight excluding hydrogens is 294 g/mol. The van der Waals surface area contributed by atoms with E-state index in [0.717, 1.165) is 10.3 Å². The Morgan fingerprint density at radius 1 is 1.09 bits per heavy atom. The molecule has 0 saturated heterocycles. The maximum absolute atomic E-state index is 12.7. The maximum Gasteiger partial charge on any atom is 0.351 e. The van der Waals surface area contributed by atoms with Gasteiger partial charge in [-0.25, -0.2) is 23.9 Å². The van der Waals surface area contributed by atoms with Crippen molar-refractivity contribution in [1.29, 1.82) is 0 Å². The van der Waals surface area contributed by atoms with E-state index in [2.05, 4.69) is 5.10 Å². The normalized spacial score (nSPS) is 20.2. The van der Waals surface area contributed by atoms with Crippen molar-refractivity contribution in [2.75, 3.05) is 0 Å². The number of nitrogens with zero attached hydrogens (tertiary/aromatic N) is 2. The first-order valence-corrected chi connectivity index (χ1v) is 7.45. The van der Waals surface area contributed by atoms with Crippen molar-refractivity contribution in [1.82, 2.24) is 14.3 Å². The molecule has 0 bridgehead atoms. The van der Waals surface area contributed by atoms with Crippen LogP contribution in [-0.2, 0) is 0 Å². The predicted octanol–water partition coefficient (Wildman–Crippen LogP) is 2.21. The van der Waals surface area contributed by atoms with Crippen LogP contribution in [-0.4, -0.2) is 14.3 Å². The first-order valence-electron chi connectivity index (χ1n) is 7.45. The molecule has 2 heterocycles. The number of benzene rings is 1. The molecule has 1 aliphatic rings. The number of furan rings is 1. The van der Waals surface area contributed by atoms with E-state index in [1.807, 2.05) is 30.4 Å². The van der Waals surface area contributed by atoms with Crippen LogP contribution in [0.2, 0.25) is 0 Å². The van der Waals surface area contributed by atoms with E-state index in [0.29, 0.717) is 12.1 Å². The van der Waals surface area contributed by atoms with Crippen LogP contribution in [0.3, 0.4) is 0 Å². The van der Waals surface area contributed by atoms with E-state index in [1.54, 1.807) is 30.5 Å². The van der Waals surface area contributed by atoms with Crippen molar-refractivity contribution in [2.45, 2.75) is 18.4 Å². The molecule has 0 amide bonds. The van der Waals surface area contributed by atoms with Gasteiger partial charge in [-0.15, -0.1) is 0 Å². The Morgan fingerprint density at radius 2 is 1.91 bits per heavy atom. The van der Waals surface area contributed by atoms with Gasteiger partial charge in [0.15, 0.2) is 0 Å². The third-order valence-corrected chi connectivity index (χ3v) is 4.17. The molecule has 1 aromatic carbocycles. The molecule has 23 heavy (non-hydrogen) atoms. The Labute approximate surface area is 131 Å². The number of hydrogen-bond donors (Lipinski definition) is 1. The summed E-state index contributed by atoms with van der Waals surface area (Å²) in [7, 11) is 0. The molecule has 2 atom stereocenters. The average Bonchev–Trinajstić information content (AvgIpc) is 3.28. The highest BCUT2D eigenvalue weighted by Gasteiger charge is 2.30. The SMILES string of the molecule is O=c1[nH]n([C@H]2CC=C[C@@H]2c2ccco2)c(=O)n1-c1ccccc1. The van der Waals surface area contributed by atoms with Gasteiger partial charge in [0.25, 0.3) is 0 Å². The van der Waals surface area contributed by atoms with Crippen molar-refractivity contribution in [2.24, 2.45) is 0 Å². The lowest BCUT2D eigenvalue weighted by molar-refractivity contribution is 0.377. The minimum Gasteiger partial charge on any atom is -0.469 e. The minimum absolute atomic E-state index is 0.0648.